The number of hydrogen-bond donors (Lipinski definition) is 0. The number of allylic oxidation sites excluding steroid dienone is 1. The minimum atomic E-state index is -0.118. The van der Waals surface area contributed by atoms with Crippen LogP contribution < -0.4 is 0 Å². The molecule has 0 saturated heterocycles. The minimum Gasteiger partial charge on any atom is -0.456 e. The third kappa shape index (κ3) is 5.44. The van der Waals surface area contributed by atoms with Crippen LogP contribution in [0.25, 0.3) is 85.9 Å². The second-order valence-electron chi connectivity index (χ2n) is 16.5. The Morgan fingerprint density at radius 1 is 0.633 bits per heavy atom. The summed E-state index contributed by atoms with van der Waals surface area (Å²) in [4.78, 5) is 6.16. The number of nitrogens with zero attached hydrogens (tertiary/aromatic N) is 2. The molecule has 3 atom stereocenters. The molecule has 3 aromatic heterocycles. The first kappa shape index (κ1) is 35.2. The highest BCUT2D eigenvalue weighted by Gasteiger charge is 2.32. The number of fused-ring (bicyclic) bond motifs is 10. The van der Waals surface area contributed by atoms with E-state index in [0.717, 1.165) is 51.7 Å². The average molecular weight is 791 g/mol. The molecule has 0 radical (unpaired) electrons. The van der Waals surface area contributed by atoms with Crippen LogP contribution >= 0.6 is 11.3 Å². The molecule has 0 bridgehead atoms. The summed E-state index contributed by atoms with van der Waals surface area (Å²) >= 11 is 1.90. The van der Waals surface area contributed by atoms with Crippen molar-refractivity contribution < 1.29 is 4.42 Å². The minimum absolute atomic E-state index is 0.118. The highest BCUT2D eigenvalue weighted by Crippen LogP contribution is 2.48. The van der Waals surface area contributed by atoms with Gasteiger partial charge in [-0.25, -0.2) is 0 Å². The van der Waals surface area contributed by atoms with E-state index in [0.29, 0.717) is 0 Å². The lowest BCUT2D eigenvalue weighted by atomic mass is 9.78. The van der Waals surface area contributed by atoms with E-state index < -0.39 is 0 Å². The van der Waals surface area contributed by atoms with Gasteiger partial charge in [-0.2, -0.15) is 0 Å². The van der Waals surface area contributed by atoms with Crippen molar-refractivity contribution in [2.45, 2.75) is 32.7 Å². The van der Waals surface area contributed by atoms with Crippen molar-refractivity contribution in [1.29, 1.82) is 0 Å². The fraction of sp³-hybridized carbons (Fsp3) is 0.125. The van der Waals surface area contributed by atoms with Crippen molar-refractivity contribution in [2.75, 3.05) is 0 Å². The van der Waals surface area contributed by atoms with Gasteiger partial charge in [0.25, 0.3) is 0 Å². The summed E-state index contributed by atoms with van der Waals surface area (Å²) in [6.07, 6.45) is 4.37. The van der Waals surface area contributed by atoms with Crippen LogP contribution in [-0.4, -0.2) is 10.3 Å². The van der Waals surface area contributed by atoms with Crippen LogP contribution in [0.1, 0.15) is 49.4 Å². The zero-order chi connectivity index (χ0) is 39.9. The molecular weight excluding hydrogens is 749 g/mol. The van der Waals surface area contributed by atoms with Gasteiger partial charge in [0.2, 0.25) is 0 Å². The van der Waals surface area contributed by atoms with Gasteiger partial charge in [0.15, 0.2) is 0 Å². The van der Waals surface area contributed by atoms with Gasteiger partial charge < -0.3 is 8.98 Å². The van der Waals surface area contributed by atoms with E-state index in [4.69, 9.17) is 9.41 Å². The summed E-state index contributed by atoms with van der Waals surface area (Å²) in [6, 6.07) is 62.0. The van der Waals surface area contributed by atoms with Crippen LogP contribution in [0.2, 0.25) is 0 Å². The number of para-hydroxylation sites is 2. The number of thiophene rings is 1. The number of benzene rings is 8. The number of aromatic nitrogens is 1. The smallest absolute Gasteiger partial charge is 0.138 e. The summed E-state index contributed by atoms with van der Waals surface area (Å²) in [5.74, 6) is 0.288. The molecule has 4 heteroatoms. The maximum atomic E-state index is 6.85. The second kappa shape index (κ2) is 13.9. The summed E-state index contributed by atoms with van der Waals surface area (Å²) in [6.45, 7) is 4.71. The number of furan rings is 1. The highest BCUT2D eigenvalue weighted by molar-refractivity contribution is 7.26. The van der Waals surface area contributed by atoms with Gasteiger partial charge in [0.1, 0.15) is 11.2 Å². The Labute approximate surface area is 352 Å². The molecule has 1 aliphatic rings. The predicted octanol–water partition coefficient (Wildman–Crippen LogP) is 15.9. The maximum Gasteiger partial charge on any atom is 0.138 e. The Morgan fingerprint density at radius 3 is 2.20 bits per heavy atom. The van der Waals surface area contributed by atoms with Crippen molar-refractivity contribution in [3.63, 3.8) is 0 Å². The predicted molar refractivity (Wildman–Crippen MR) is 256 cm³/mol. The molecule has 8 aromatic carbocycles. The van der Waals surface area contributed by atoms with Crippen molar-refractivity contribution in [3.05, 3.63) is 193 Å². The molecule has 60 heavy (non-hydrogen) atoms. The number of rotatable bonds is 5. The van der Waals surface area contributed by atoms with Crippen molar-refractivity contribution >= 4 is 97.3 Å². The molecule has 0 aliphatic carbocycles. The first-order valence-corrected chi connectivity index (χ1v) is 22.1. The molecule has 4 heterocycles. The summed E-state index contributed by atoms with van der Waals surface area (Å²) in [7, 11) is 0. The second-order valence-corrected chi connectivity index (χ2v) is 17.5. The first-order chi connectivity index (χ1) is 29.6. The van der Waals surface area contributed by atoms with E-state index in [2.05, 4.69) is 194 Å². The van der Waals surface area contributed by atoms with E-state index in [9.17, 15) is 0 Å². The third-order valence-electron chi connectivity index (χ3n) is 13.1. The van der Waals surface area contributed by atoms with E-state index in [1.54, 1.807) is 0 Å². The lowest BCUT2D eigenvalue weighted by Crippen LogP contribution is -2.22. The van der Waals surface area contributed by atoms with Crippen molar-refractivity contribution in [2.24, 2.45) is 16.8 Å². The molecule has 3 nitrogen and oxygen atoms in total. The summed E-state index contributed by atoms with van der Waals surface area (Å²) in [5.41, 5.74) is 11.4. The third-order valence-corrected chi connectivity index (χ3v) is 14.3. The van der Waals surface area contributed by atoms with Crippen LogP contribution in [0.3, 0.4) is 0 Å². The zero-order valence-electron chi connectivity index (χ0n) is 33.6. The van der Waals surface area contributed by atoms with Gasteiger partial charge in [-0.15, -0.1) is 11.3 Å². The summed E-state index contributed by atoms with van der Waals surface area (Å²) in [5, 5.41) is 9.82. The van der Waals surface area contributed by atoms with E-state index in [1.165, 1.54) is 69.5 Å². The van der Waals surface area contributed by atoms with E-state index >= 15 is 0 Å². The van der Waals surface area contributed by atoms with Crippen molar-refractivity contribution in [1.82, 2.24) is 4.57 Å². The van der Waals surface area contributed by atoms with Gasteiger partial charge in [0, 0.05) is 70.9 Å². The Bertz CT molecular complexity index is 3540. The van der Waals surface area contributed by atoms with Crippen LogP contribution in [-0.2, 0) is 0 Å². The molecule has 0 fully saturated rings. The molecule has 1 aliphatic heterocycles. The van der Waals surface area contributed by atoms with Crippen LogP contribution in [0.15, 0.2) is 185 Å². The van der Waals surface area contributed by atoms with Crippen LogP contribution in [0, 0.1) is 11.8 Å². The highest BCUT2D eigenvalue weighted by atomic mass is 32.1. The zero-order valence-corrected chi connectivity index (χ0v) is 34.4. The lowest BCUT2D eigenvalue weighted by molar-refractivity contribution is 0.517. The molecule has 11 aromatic rings. The quantitative estimate of drug-likeness (QED) is 0.171. The number of aliphatic imine (C=N–C) groups is 1. The Kier molecular flexibility index (Phi) is 8.18. The molecule has 0 saturated carbocycles. The molecular formula is C56H42N2OS. The SMILES string of the molecule is CCC1/C(c2ccccc2)=C/CC(C)/C(c2cc(-n3c4ccccc4c4cc5ccccc5cc43)cc3oc4ccccc4c23)=N\C1c1cccc2c1sc1ccccc12. The van der Waals surface area contributed by atoms with E-state index in [-0.39, 0.29) is 17.9 Å². The molecule has 12 rings (SSSR count). The van der Waals surface area contributed by atoms with Crippen molar-refractivity contribution in [3.8, 4) is 5.69 Å². The van der Waals surface area contributed by atoms with Gasteiger partial charge in [-0.1, -0.05) is 147 Å². The largest absolute Gasteiger partial charge is 0.456 e. The lowest BCUT2D eigenvalue weighted by Gasteiger charge is -2.31. The standard InChI is InChI=1S/C56H42N2OS/c1-3-39-40(35-16-5-4-6-17-35)29-28-34(2)54(57-55(39)45-24-15-23-43-42-21-11-14-27-52(42)60-56(43)45)47-32-38(33-51-53(47)44-22-10-13-26-50(44)59-51)58-48-25-12-9-20-41(48)46-30-36-18-7-8-19-37(36)31-49(46)58/h4-27,29-34,39,55H,3,28H2,1-2H3/b40-29+,57-54+. The molecule has 0 amide bonds. The molecule has 288 valence electrons. The van der Waals surface area contributed by atoms with Crippen LogP contribution in [0.5, 0.6) is 0 Å². The Morgan fingerprint density at radius 2 is 1.35 bits per heavy atom. The molecule has 0 N–H and O–H groups in total. The Hall–Kier alpha value is -6.75. The summed E-state index contributed by atoms with van der Waals surface area (Å²) < 4.78 is 11.9. The average Bonchev–Trinajstić information content (AvgIpc) is 3.96. The monoisotopic (exact) mass is 790 g/mol. The fourth-order valence-electron chi connectivity index (χ4n) is 10.2. The first-order valence-electron chi connectivity index (χ1n) is 21.2. The van der Waals surface area contributed by atoms with Crippen LogP contribution in [0.4, 0.5) is 0 Å². The normalized spacial score (nSPS) is 19.3. The molecule has 0 spiro atoms. The topological polar surface area (TPSA) is 30.4 Å². The molecule has 3 unspecified atom stereocenters. The van der Waals surface area contributed by atoms with Gasteiger partial charge in [-0.05, 0) is 76.7 Å². The van der Waals surface area contributed by atoms with E-state index in [1.807, 2.05) is 11.3 Å². The fourth-order valence-corrected chi connectivity index (χ4v) is 11.5. The Balaban J connectivity index is 1.16. The maximum absolute atomic E-state index is 6.85. The number of hydrogen-bond acceptors (Lipinski definition) is 3. The van der Waals surface area contributed by atoms with Gasteiger partial charge >= 0.3 is 0 Å². The van der Waals surface area contributed by atoms with Gasteiger partial charge in [-0.3, -0.25) is 4.99 Å². The van der Waals surface area contributed by atoms with Gasteiger partial charge in [0.05, 0.1) is 22.8 Å².